The average Bonchev–Trinajstić information content (AvgIpc) is 2.51. The highest BCUT2D eigenvalue weighted by atomic mass is 32.1. The number of guanidine groups is 1. The third kappa shape index (κ3) is 2.38. The summed E-state index contributed by atoms with van der Waals surface area (Å²) in [6.07, 6.45) is -4.36. The van der Waals surface area contributed by atoms with Crippen LogP contribution < -0.4 is 11.1 Å². The fourth-order valence-corrected chi connectivity index (χ4v) is 1.62. The van der Waals surface area contributed by atoms with Crippen molar-refractivity contribution in [2.45, 2.75) is 6.18 Å². The zero-order valence-electron chi connectivity index (χ0n) is 7.22. The third-order valence-electron chi connectivity index (χ3n) is 1.45. The molecule has 0 bridgehead atoms. The highest BCUT2D eigenvalue weighted by molar-refractivity contribution is 7.14. The number of nitrogens with two attached hydrogens (primary N) is 1. The van der Waals surface area contributed by atoms with E-state index in [0.717, 1.165) is 17.4 Å². The zero-order valence-corrected chi connectivity index (χ0v) is 8.04. The smallest absolute Gasteiger partial charge is 0.370 e. The van der Waals surface area contributed by atoms with Crippen molar-refractivity contribution in [3.8, 4) is 0 Å². The van der Waals surface area contributed by atoms with E-state index in [4.69, 9.17) is 5.73 Å². The number of rotatable bonds is 1. The summed E-state index contributed by atoms with van der Waals surface area (Å²) >= 11 is 0.928. The van der Waals surface area contributed by atoms with Gasteiger partial charge in [0.05, 0.1) is 5.56 Å². The number of thiophene rings is 1. The molecule has 14 heavy (non-hydrogen) atoms. The lowest BCUT2D eigenvalue weighted by Crippen LogP contribution is -2.23. The van der Waals surface area contributed by atoms with Crippen LogP contribution in [0.15, 0.2) is 16.4 Å². The number of nitrogens with zero attached hydrogens (tertiary/aromatic N) is 1. The molecule has 1 rings (SSSR count). The van der Waals surface area contributed by atoms with Crippen LogP contribution in [0.25, 0.3) is 0 Å². The Labute approximate surface area is 82.4 Å². The molecular weight excluding hydrogens is 215 g/mol. The summed E-state index contributed by atoms with van der Waals surface area (Å²) in [7, 11) is 1.39. The SMILES string of the molecule is CN=C(N)Nc1sccc1C(F)(F)F. The summed E-state index contributed by atoms with van der Waals surface area (Å²) in [4.78, 5) is 3.51. The summed E-state index contributed by atoms with van der Waals surface area (Å²) in [6, 6.07) is 0.996. The molecule has 0 unspecified atom stereocenters. The molecule has 78 valence electrons. The van der Waals surface area contributed by atoms with Gasteiger partial charge in [-0.25, -0.2) is 0 Å². The Hall–Kier alpha value is -1.24. The first-order chi connectivity index (χ1) is 6.45. The number of hydrogen-bond acceptors (Lipinski definition) is 2. The van der Waals surface area contributed by atoms with Crippen LogP contribution in [0.4, 0.5) is 18.2 Å². The lowest BCUT2D eigenvalue weighted by molar-refractivity contribution is -0.136. The molecule has 0 aromatic carbocycles. The third-order valence-corrected chi connectivity index (χ3v) is 2.28. The lowest BCUT2D eigenvalue weighted by Gasteiger charge is -2.08. The molecule has 3 N–H and O–H groups in total. The van der Waals surface area contributed by atoms with Gasteiger partial charge in [0, 0.05) is 7.05 Å². The molecule has 3 nitrogen and oxygen atoms in total. The minimum Gasteiger partial charge on any atom is -0.370 e. The van der Waals surface area contributed by atoms with Gasteiger partial charge in [-0.15, -0.1) is 11.3 Å². The first kappa shape index (κ1) is 10.8. The van der Waals surface area contributed by atoms with Gasteiger partial charge < -0.3 is 11.1 Å². The van der Waals surface area contributed by atoms with Crippen molar-refractivity contribution in [2.24, 2.45) is 10.7 Å². The van der Waals surface area contributed by atoms with E-state index in [0.29, 0.717) is 0 Å². The Morgan fingerprint density at radius 3 is 2.71 bits per heavy atom. The maximum Gasteiger partial charge on any atom is 0.419 e. The number of anilines is 1. The number of alkyl halides is 3. The molecule has 0 atom stereocenters. The summed E-state index contributed by atoms with van der Waals surface area (Å²) in [5.74, 6) is -0.0436. The van der Waals surface area contributed by atoms with Crippen LogP contribution in [-0.2, 0) is 6.18 Å². The molecule has 0 spiro atoms. The second-order valence-corrected chi connectivity index (χ2v) is 3.31. The van der Waals surface area contributed by atoms with Gasteiger partial charge >= 0.3 is 6.18 Å². The topological polar surface area (TPSA) is 50.4 Å². The molecule has 0 aliphatic rings. The van der Waals surface area contributed by atoms with Gasteiger partial charge in [0.1, 0.15) is 5.00 Å². The summed E-state index contributed by atoms with van der Waals surface area (Å²) < 4.78 is 37.0. The lowest BCUT2D eigenvalue weighted by atomic mass is 10.3. The predicted molar refractivity (Wildman–Crippen MR) is 50.5 cm³/mol. The van der Waals surface area contributed by atoms with Crippen molar-refractivity contribution in [3.05, 3.63) is 17.0 Å². The maximum absolute atomic E-state index is 12.3. The van der Waals surface area contributed by atoms with Gasteiger partial charge in [-0.3, -0.25) is 4.99 Å². The molecule has 0 fully saturated rings. The van der Waals surface area contributed by atoms with Crippen LogP contribution in [0.1, 0.15) is 5.56 Å². The molecule has 0 radical (unpaired) electrons. The molecule has 7 heteroatoms. The standard InChI is InChI=1S/C7H8F3N3S/c1-12-6(11)13-5-4(2-3-14-5)7(8,9)10/h2-3H,1H3,(H3,11,12,13). The number of halogens is 3. The maximum atomic E-state index is 12.3. The van der Waals surface area contributed by atoms with Crippen molar-refractivity contribution in [1.82, 2.24) is 0 Å². The minimum atomic E-state index is -4.36. The van der Waals surface area contributed by atoms with E-state index in [1.54, 1.807) is 0 Å². The van der Waals surface area contributed by atoms with Crippen LogP contribution in [0.3, 0.4) is 0 Å². The van der Waals surface area contributed by atoms with Crippen molar-refractivity contribution in [1.29, 1.82) is 0 Å². The van der Waals surface area contributed by atoms with Gasteiger partial charge in [-0.1, -0.05) is 0 Å². The molecule has 0 amide bonds. The zero-order chi connectivity index (χ0) is 10.8. The second-order valence-electron chi connectivity index (χ2n) is 2.40. The molecule has 1 heterocycles. The Bertz CT molecular complexity index is 342. The van der Waals surface area contributed by atoms with Gasteiger partial charge in [-0.05, 0) is 11.4 Å². The van der Waals surface area contributed by atoms with Crippen molar-refractivity contribution >= 4 is 22.3 Å². The monoisotopic (exact) mass is 223 g/mol. The summed E-state index contributed by atoms with van der Waals surface area (Å²) in [5.41, 5.74) is 4.53. The fraction of sp³-hybridized carbons (Fsp3) is 0.286. The average molecular weight is 223 g/mol. The normalized spacial score (nSPS) is 13.0. The van der Waals surface area contributed by atoms with Crippen LogP contribution in [0.2, 0.25) is 0 Å². The molecule has 0 aliphatic heterocycles. The second kappa shape index (κ2) is 3.87. The number of hydrogen-bond donors (Lipinski definition) is 2. The van der Waals surface area contributed by atoms with Gasteiger partial charge in [-0.2, -0.15) is 13.2 Å². The van der Waals surface area contributed by atoms with Gasteiger partial charge in [0.15, 0.2) is 5.96 Å². The highest BCUT2D eigenvalue weighted by Crippen LogP contribution is 2.37. The van der Waals surface area contributed by atoms with E-state index in [1.807, 2.05) is 0 Å². The molecule has 0 aliphatic carbocycles. The summed E-state index contributed by atoms with van der Waals surface area (Å²) in [5, 5.41) is 3.67. The number of nitrogens with one attached hydrogen (secondary N) is 1. The molecule has 1 aromatic heterocycles. The molecule has 1 aromatic rings. The van der Waals surface area contributed by atoms with Crippen molar-refractivity contribution in [3.63, 3.8) is 0 Å². The van der Waals surface area contributed by atoms with Crippen LogP contribution >= 0.6 is 11.3 Å². The highest BCUT2D eigenvalue weighted by Gasteiger charge is 2.34. The predicted octanol–water partition coefficient (Wildman–Crippen LogP) is 2.12. The van der Waals surface area contributed by atoms with Gasteiger partial charge in [0.2, 0.25) is 0 Å². The first-order valence-electron chi connectivity index (χ1n) is 3.59. The minimum absolute atomic E-state index is 0.0411. The Morgan fingerprint density at radius 1 is 1.57 bits per heavy atom. The van der Waals surface area contributed by atoms with E-state index >= 15 is 0 Å². The van der Waals surface area contributed by atoms with E-state index in [2.05, 4.69) is 10.3 Å². The largest absolute Gasteiger partial charge is 0.419 e. The molecule has 0 saturated carbocycles. The Balaban J connectivity index is 2.94. The molecular formula is C7H8F3N3S. The summed E-state index contributed by atoms with van der Waals surface area (Å²) in [6.45, 7) is 0. The van der Waals surface area contributed by atoms with E-state index in [9.17, 15) is 13.2 Å². The fourth-order valence-electron chi connectivity index (χ4n) is 0.802. The van der Waals surface area contributed by atoms with E-state index in [1.165, 1.54) is 12.4 Å². The van der Waals surface area contributed by atoms with E-state index < -0.39 is 11.7 Å². The van der Waals surface area contributed by atoms with Gasteiger partial charge in [0.25, 0.3) is 0 Å². The first-order valence-corrected chi connectivity index (χ1v) is 4.47. The van der Waals surface area contributed by atoms with Crippen LogP contribution in [-0.4, -0.2) is 13.0 Å². The van der Waals surface area contributed by atoms with Crippen LogP contribution in [0, 0.1) is 0 Å². The quantitative estimate of drug-likeness (QED) is 0.566. The Morgan fingerprint density at radius 2 is 2.21 bits per heavy atom. The van der Waals surface area contributed by atoms with Crippen LogP contribution in [0.5, 0.6) is 0 Å². The van der Waals surface area contributed by atoms with Crippen molar-refractivity contribution in [2.75, 3.05) is 12.4 Å². The molecule has 0 saturated heterocycles. The Kier molecular flexibility index (Phi) is 3.00. The number of aliphatic imine (C=N–C) groups is 1. The van der Waals surface area contributed by atoms with E-state index in [-0.39, 0.29) is 11.0 Å². The van der Waals surface area contributed by atoms with Crippen molar-refractivity contribution < 1.29 is 13.2 Å².